The molecule has 1 saturated heterocycles. The summed E-state index contributed by atoms with van der Waals surface area (Å²) in [5.74, 6) is -0.277. The van der Waals surface area contributed by atoms with Gasteiger partial charge in [0.1, 0.15) is 6.10 Å². The number of unbranched alkanes of at least 4 members (excludes halogenated alkanes) is 12. The average Bonchev–Trinajstić information content (AvgIpc) is 3.56. The van der Waals surface area contributed by atoms with E-state index in [0.717, 1.165) is 89.9 Å². The minimum atomic E-state index is -0.604. The fourth-order valence-corrected chi connectivity index (χ4v) is 6.41. The van der Waals surface area contributed by atoms with Crippen LogP contribution in [0.15, 0.2) is 11.6 Å². The van der Waals surface area contributed by atoms with Crippen molar-refractivity contribution in [2.75, 3.05) is 0 Å². The Bertz CT molecular complexity index is 726. The summed E-state index contributed by atoms with van der Waals surface area (Å²) in [6, 6.07) is 0. The number of cyclic esters (lactones) is 1. The fraction of sp³-hybridized carbons (Fsp3) is 0.914. The summed E-state index contributed by atoms with van der Waals surface area (Å²) in [6.45, 7) is 3.98. The minimum Gasteiger partial charge on any atom is -0.455 e. The molecular formula is C35H64O7. The van der Waals surface area contributed by atoms with E-state index in [1.54, 1.807) is 0 Å². The van der Waals surface area contributed by atoms with Crippen molar-refractivity contribution in [2.45, 2.75) is 204 Å². The van der Waals surface area contributed by atoms with Gasteiger partial charge in [-0.3, -0.25) is 0 Å². The van der Waals surface area contributed by atoms with Crippen LogP contribution in [-0.4, -0.2) is 69.1 Å². The Morgan fingerprint density at radius 1 is 0.738 bits per heavy atom. The van der Waals surface area contributed by atoms with Crippen LogP contribution in [0.2, 0.25) is 0 Å². The maximum absolute atomic E-state index is 11.6. The highest BCUT2D eigenvalue weighted by molar-refractivity contribution is 5.90. The van der Waals surface area contributed by atoms with Crippen LogP contribution in [-0.2, 0) is 14.3 Å². The second-order valence-corrected chi connectivity index (χ2v) is 13.1. The molecule has 0 aliphatic carbocycles. The number of rotatable bonds is 26. The summed E-state index contributed by atoms with van der Waals surface area (Å²) in [5.41, 5.74) is 0.621. The molecule has 1 fully saturated rings. The highest BCUT2D eigenvalue weighted by Crippen LogP contribution is 2.28. The molecular weight excluding hydrogens is 532 g/mol. The van der Waals surface area contributed by atoms with Gasteiger partial charge in [0.05, 0.1) is 36.6 Å². The topological polar surface area (TPSA) is 116 Å². The molecule has 7 nitrogen and oxygen atoms in total. The molecule has 0 aromatic carbocycles. The van der Waals surface area contributed by atoms with Crippen LogP contribution in [0.4, 0.5) is 0 Å². The molecule has 42 heavy (non-hydrogen) atoms. The Labute approximate surface area is 256 Å². The highest BCUT2D eigenvalue weighted by Gasteiger charge is 2.30. The van der Waals surface area contributed by atoms with Crippen molar-refractivity contribution >= 4 is 5.97 Å². The van der Waals surface area contributed by atoms with E-state index in [0.29, 0.717) is 30.9 Å². The van der Waals surface area contributed by atoms with Gasteiger partial charge in [0.15, 0.2) is 0 Å². The van der Waals surface area contributed by atoms with Crippen molar-refractivity contribution in [3.63, 3.8) is 0 Å². The van der Waals surface area contributed by atoms with Gasteiger partial charge in [-0.15, -0.1) is 0 Å². The number of hydrogen-bond donors (Lipinski definition) is 4. The summed E-state index contributed by atoms with van der Waals surface area (Å²) in [5, 5.41) is 40.9. The number of hydrogen-bond acceptors (Lipinski definition) is 7. The van der Waals surface area contributed by atoms with Gasteiger partial charge < -0.3 is 29.9 Å². The average molecular weight is 597 g/mol. The van der Waals surface area contributed by atoms with Gasteiger partial charge >= 0.3 is 5.97 Å². The van der Waals surface area contributed by atoms with Crippen LogP contribution in [0.25, 0.3) is 0 Å². The maximum Gasteiger partial charge on any atom is 0.334 e. The number of aliphatic hydroxyl groups excluding tert-OH is 4. The van der Waals surface area contributed by atoms with Gasteiger partial charge in [0.25, 0.3) is 0 Å². The Morgan fingerprint density at radius 2 is 1.29 bits per heavy atom. The molecule has 0 radical (unpaired) electrons. The zero-order chi connectivity index (χ0) is 30.6. The molecule has 7 atom stereocenters. The van der Waals surface area contributed by atoms with Gasteiger partial charge in [-0.05, 0) is 57.9 Å². The normalized spacial score (nSPS) is 23.5. The standard InChI is InChI=1S/C35H64O7/c1-3-4-13-20-31(37)32(38)21-16-11-12-17-22-33(39)34-24-23-30(42-34)19-15-10-8-6-5-7-9-14-18-29(36)26-28-25-27(2)41-35(28)40/h25,27,29-34,36-39H,3-24,26H2,1-2H3/t27-,29-,30-,31+,32-,33-,34+/m0/s1. The Kier molecular flexibility index (Phi) is 19.9. The molecule has 2 aliphatic rings. The van der Waals surface area contributed by atoms with E-state index in [1.165, 1.54) is 38.5 Å². The van der Waals surface area contributed by atoms with Crippen molar-refractivity contribution in [3.05, 3.63) is 11.6 Å². The molecule has 0 saturated carbocycles. The lowest BCUT2D eigenvalue weighted by Crippen LogP contribution is -2.26. The van der Waals surface area contributed by atoms with E-state index in [2.05, 4.69) is 6.92 Å². The van der Waals surface area contributed by atoms with Crippen LogP contribution >= 0.6 is 0 Å². The summed E-state index contributed by atoms with van der Waals surface area (Å²) in [6.07, 6.45) is 23.0. The van der Waals surface area contributed by atoms with Crippen molar-refractivity contribution in [1.82, 2.24) is 0 Å². The zero-order valence-electron chi connectivity index (χ0n) is 26.9. The van der Waals surface area contributed by atoms with Gasteiger partial charge in [0.2, 0.25) is 0 Å². The summed E-state index contributed by atoms with van der Waals surface area (Å²) in [7, 11) is 0. The van der Waals surface area contributed by atoms with E-state index in [4.69, 9.17) is 9.47 Å². The van der Waals surface area contributed by atoms with Crippen LogP contribution < -0.4 is 0 Å². The third-order valence-electron chi connectivity index (χ3n) is 9.13. The highest BCUT2D eigenvalue weighted by atomic mass is 16.5. The number of ether oxygens (including phenoxy) is 2. The molecule has 0 spiro atoms. The summed E-state index contributed by atoms with van der Waals surface area (Å²) < 4.78 is 11.3. The van der Waals surface area contributed by atoms with E-state index in [1.807, 2.05) is 13.0 Å². The fourth-order valence-electron chi connectivity index (χ4n) is 6.41. The molecule has 4 N–H and O–H groups in total. The van der Waals surface area contributed by atoms with Crippen LogP contribution in [0.3, 0.4) is 0 Å². The third-order valence-corrected chi connectivity index (χ3v) is 9.13. The zero-order valence-corrected chi connectivity index (χ0v) is 26.9. The first kappa shape index (κ1) is 37.2. The van der Waals surface area contributed by atoms with E-state index >= 15 is 0 Å². The van der Waals surface area contributed by atoms with Gasteiger partial charge in [-0.25, -0.2) is 4.79 Å². The number of carbonyl (C=O) groups is 1. The molecule has 246 valence electrons. The predicted molar refractivity (Wildman–Crippen MR) is 168 cm³/mol. The molecule has 2 heterocycles. The van der Waals surface area contributed by atoms with Crippen molar-refractivity contribution in [2.24, 2.45) is 0 Å². The Balaban J connectivity index is 1.36. The number of aliphatic hydroxyl groups is 4. The first-order valence-corrected chi connectivity index (χ1v) is 17.6. The van der Waals surface area contributed by atoms with E-state index in [9.17, 15) is 25.2 Å². The quantitative estimate of drug-likeness (QED) is 0.0624. The summed E-state index contributed by atoms with van der Waals surface area (Å²) >= 11 is 0. The maximum atomic E-state index is 11.6. The van der Waals surface area contributed by atoms with E-state index in [-0.39, 0.29) is 24.3 Å². The third kappa shape index (κ3) is 16.2. The largest absolute Gasteiger partial charge is 0.455 e. The SMILES string of the molecule is CCCCC[C@@H](O)[C@@H](O)CCCCCC[C@H](O)[C@H]1CC[C@H](CCCCCCCCCC[C@H](O)CC2=C[C@H](C)OC2=O)O1. The van der Waals surface area contributed by atoms with Gasteiger partial charge in [-0.1, -0.05) is 103 Å². The predicted octanol–water partition coefficient (Wildman–Crippen LogP) is 7.06. The first-order chi connectivity index (χ1) is 20.3. The summed E-state index contributed by atoms with van der Waals surface area (Å²) in [4.78, 5) is 11.6. The van der Waals surface area contributed by atoms with Crippen LogP contribution in [0.5, 0.6) is 0 Å². The number of carbonyl (C=O) groups excluding carboxylic acids is 1. The van der Waals surface area contributed by atoms with Crippen LogP contribution in [0, 0.1) is 0 Å². The Hall–Kier alpha value is -0.990. The lowest BCUT2D eigenvalue weighted by molar-refractivity contribution is -0.139. The second kappa shape index (κ2) is 22.5. The van der Waals surface area contributed by atoms with E-state index < -0.39 is 18.3 Å². The molecule has 2 rings (SSSR count). The van der Waals surface area contributed by atoms with Crippen molar-refractivity contribution in [3.8, 4) is 0 Å². The van der Waals surface area contributed by atoms with Crippen LogP contribution in [0.1, 0.15) is 162 Å². The second-order valence-electron chi connectivity index (χ2n) is 13.1. The molecule has 0 bridgehead atoms. The Morgan fingerprint density at radius 3 is 1.88 bits per heavy atom. The lowest BCUT2D eigenvalue weighted by Gasteiger charge is -2.20. The molecule has 0 aromatic rings. The van der Waals surface area contributed by atoms with Crippen molar-refractivity contribution in [1.29, 1.82) is 0 Å². The molecule has 7 heteroatoms. The molecule has 2 aliphatic heterocycles. The molecule has 0 unspecified atom stereocenters. The number of esters is 1. The van der Waals surface area contributed by atoms with Gasteiger partial charge in [0, 0.05) is 12.0 Å². The van der Waals surface area contributed by atoms with Crippen molar-refractivity contribution < 1.29 is 34.7 Å². The molecule has 0 amide bonds. The van der Waals surface area contributed by atoms with Gasteiger partial charge in [-0.2, -0.15) is 0 Å². The monoisotopic (exact) mass is 596 g/mol. The minimum absolute atomic E-state index is 0.0131. The first-order valence-electron chi connectivity index (χ1n) is 17.6. The lowest BCUT2D eigenvalue weighted by atomic mass is 9.99. The smallest absolute Gasteiger partial charge is 0.334 e. The molecule has 0 aromatic heterocycles.